The molecule has 80 valence electrons. The predicted molar refractivity (Wildman–Crippen MR) is 57.4 cm³/mol. The summed E-state index contributed by atoms with van der Waals surface area (Å²) in [5, 5.41) is 7.48. The molecule has 2 rings (SSSR count). The first-order chi connectivity index (χ1) is 7.36. The zero-order valence-electron chi connectivity index (χ0n) is 8.94. The maximum atomic E-state index is 4.26. The Morgan fingerprint density at radius 1 is 1.53 bits per heavy atom. The highest BCUT2D eigenvalue weighted by Gasteiger charge is 2.17. The Balaban J connectivity index is 2.35. The van der Waals surface area contributed by atoms with Crippen LogP contribution < -0.4 is 5.32 Å². The fourth-order valence-corrected chi connectivity index (χ4v) is 1.71. The van der Waals surface area contributed by atoms with Crippen LogP contribution in [0.5, 0.6) is 0 Å². The van der Waals surface area contributed by atoms with Crippen LogP contribution in [0.15, 0.2) is 24.7 Å². The van der Waals surface area contributed by atoms with Crippen molar-refractivity contribution in [1.82, 2.24) is 25.1 Å². The third kappa shape index (κ3) is 1.78. The number of nitrogens with one attached hydrogen (secondary N) is 2. The second kappa shape index (κ2) is 4.27. The van der Waals surface area contributed by atoms with Gasteiger partial charge in [0.25, 0.3) is 0 Å². The van der Waals surface area contributed by atoms with Crippen molar-refractivity contribution < 1.29 is 0 Å². The number of imidazole rings is 1. The van der Waals surface area contributed by atoms with Crippen LogP contribution in [0.2, 0.25) is 0 Å². The van der Waals surface area contributed by atoms with Gasteiger partial charge in [-0.25, -0.2) is 4.98 Å². The van der Waals surface area contributed by atoms with Crippen molar-refractivity contribution in [3.63, 3.8) is 0 Å². The van der Waals surface area contributed by atoms with E-state index in [1.54, 1.807) is 6.20 Å². The van der Waals surface area contributed by atoms with Gasteiger partial charge in [-0.3, -0.25) is 4.68 Å². The van der Waals surface area contributed by atoms with Gasteiger partial charge >= 0.3 is 0 Å². The molecule has 0 spiro atoms. The summed E-state index contributed by atoms with van der Waals surface area (Å²) < 4.78 is 1.96. The number of hydrogen-bond donors (Lipinski definition) is 2. The molecule has 0 saturated carbocycles. The minimum atomic E-state index is 0.0717. The van der Waals surface area contributed by atoms with Crippen LogP contribution in [-0.4, -0.2) is 26.8 Å². The maximum absolute atomic E-state index is 4.26. The molecule has 2 heterocycles. The van der Waals surface area contributed by atoms with E-state index in [9.17, 15) is 0 Å². The Bertz CT molecular complexity index is 403. The lowest BCUT2D eigenvalue weighted by atomic mass is 10.2. The van der Waals surface area contributed by atoms with Crippen LogP contribution in [0.4, 0.5) is 0 Å². The first kappa shape index (κ1) is 9.92. The zero-order valence-corrected chi connectivity index (χ0v) is 8.94. The smallest absolute Gasteiger partial charge is 0.129 e. The molecule has 0 aliphatic heterocycles. The van der Waals surface area contributed by atoms with Crippen LogP contribution in [0.3, 0.4) is 0 Å². The number of aryl methyl sites for hydroxylation is 1. The van der Waals surface area contributed by atoms with Gasteiger partial charge in [-0.15, -0.1) is 0 Å². The topological polar surface area (TPSA) is 58.5 Å². The lowest BCUT2D eigenvalue weighted by Gasteiger charge is -2.14. The average molecular weight is 205 g/mol. The van der Waals surface area contributed by atoms with Crippen molar-refractivity contribution in [3.05, 3.63) is 36.2 Å². The molecule has 0 bridgehead atoms. The second-order valence-electron chi connectivity index (χ2n) is 3.27. The summed E-state index contributed by atoms with van der Waals surface area (Å²) in [6.07, 6.45) is 5.39. The summed E-state index contributed by atoms with van der Waals surface area (Å²) in [5.74, 6) is 0.910. The second-order valence-corrected chi connectivity index (χ2v) is 3.27. The van der Waals surface area contributed by atoms with E-state index in [0.717, 1.165) is 18.1 Å². The fraction of sp³-hybridized carbons (Fsp3) is 0.400. The summed E-state index contributed by atoms with van der Waals surface area (Å²) >= 11 is 0. The van der Waals surface area contributed by atoms with E-state index < -0.39 is 0 Å². The molecule has 0 aromatic carbocycles. The van der Waals surface area contributed by atoms with Gasteiger partial charge in [-0.05, 0) is 20.0 Å². The largest absolute Gasteiger partial charge is 0.347 e. The van der Waals surface area contributed by atoms with E-state index in [1.807, 2.05) is 30.2 Å². The van der Waals surface area contributed by atoms with Crippen LogP contribution in [0.1, 0.15) is 24.5 Å². The van der Waals surface area contributed by atoms with Crippen molar-refractivity contribution in [1.29, 1.82) is 0 Å². The van der Waals surface area contributed by atoms with Crippen LogP contribution in [0.25, 0.3) is 0 Å². The van der Waals surface area contributed by atoms with E-state index in [-0.39, 0.29) is 6.04 Å². The van der Waals surface area contributed by atoms with Gasteiger partial charge in [-0.1, -0.05) is 0 Å². The molecule has 15 heavy (non-hydrogen) atoms. The Morgan fingerprint density at radius 3 is 3.00 bits per heavy atom. The highest BCUT2D eigenvalue weighted by molar-refractivity contribution is 5.16. The molecule has 5 heteroatoms. The van der Waals surface area contributed by atoms with E-state index in [0.29, 0.717) is 0 Å². The SMILES string of the molecule is CCn1nccc1C(NC)c1ncc[nH]1. The average Bonchev–Trinajstić information content (AvgIpc) is 2.89. The number of nitrogens with zero attached hydrogens (tertiary/aromatic N) is 3. The molecule has 0 saturated heterocycles. The molecule has 0 aliphatic carbocycles. The van der Waals surface area contributed by atoms with Crippen LogP contribution in [-0.2, 0) is 6.54 Å². The molecule has 0 radical (unpaired) electrons. The number of hydrogen-bond acceptors (Lipinski definition) is 3. The van der Waals surface area contributed by atoms with Crippen molar-refractivity contribution in [2.24, 2.45) is 0 Å². The summed E-state index contributed by atoms with van der Waals surface area (Å²) in [6.45, 7) is 2.94. The van der Waals surface area contributed by atoms with Crippen LogP contribution in [0, 0.1) is 0 Å². The molecule has 2 N–H and O–H groups in total. The van der Waals surface area contributed by atoms with Gasteiger partial charge in [0.15, 0.2) is 0 Å². The molecule has 0 amide bonds. The Morgan fingerprint density at radius 2 is 2.40 bits per heavy atom. The monoisotopic (exact) mass is 205 g/mol. The molecule has 1 unspecified atom stereocenters. The number of aromatic nitrogens is 4. The van der Waals surface area contributed by atoms with Gasteiger partial charge in [0.1, 0.15) is 11.9 Å². The van der Waals surface area contributed by atoms with Gasteiger partial charge < -0.3 is 10.3 Å². The van der Waals surface area contributed by atoms with Gasteiger partial charge in [-0.2, -0.15) is 5.10 Å². The van der Waals surface area contributed by atoms with Gasteiger partial charge in [0.05, 0.1) is 5.69 Å². The summed E-state index contributed by atoms with van der Waals surface area (Å²) in [4.78, 5) is 7.37. The summed E-state index contributed by atoms with van der Waals surface area (Å²) in [5.41, 5.74) is 1.12. The third-order valence-electron chi connectivity index (χ3n) is 2.43. The predicted octanol–water partition coefficient (Wildman–Crippen LogP) is 0.935. The summed E-state index contributed by atoms with van der Waals surface area (Å²) in [6, 6.07) is 2.08. The number of H-pyrrole nitrogens is 1. The summed E-state index contributed by atoms with van der Waals surface area (Å²) in [7, 11) is 1.92. The van der Waals surface area contributed by atoms with Gasteiger partial charge in [0, 0.05) is 25.1 Å². The zero-order chi connectivity index (χ0) is 10.7. The highest BCUT2D eigenvalue weighted by Crippen LogP contribution is 2.17. The van der Waals surface area contributed by atoms with Crippen molar-refractivity contribution in [2.45, 2.75) is 19.5 Å². The molecule has 2 aromatic heterocycles. The Labute approximate surface area is 88.5 Å². The van der Waals surface area contributed by atoms with Gasteiger partial charge in [0.2, 0.25) is 0 Å². The first-order valence-electron chi connectivity index (χ1n) is 5.05. The molecular weight excluding hydrogens is 190 g/mol. The minimum Gasteiger partial charge on any atom is -0.347 e. The molecule has 0 aliphatic rings. The molecule has 2 aromatic rings. The number of aromatic amines is 1. The van der Waals surface area contributed by atoms with E-state index in [1.165, 1.54) is 0 Å². The lowest BCUT2D eigenvalue weighted by molar-refractivity contribution is 0.549. The minimum absolute atomic E-state index is 0.0717. The van der Waals surface area contributed by atoms with Crippen molar-refractivity contribution in [3.8, 4) is 0 Å². The fourth-order valence-electron chi connectivity index (χ4n) is 1.71. The number of rotatable bonds is 4. The Kier molecular flexibility index (Phi) is 2.82. The molecule has 1 atom stereocenters. The molecule has 5 nitrogen and oxygen atoms in total. The third-order valence-corrected chi connectivity index (χ3v) is 2.43. The van der Waals surface area contributed by atoms with E-state index in [2.05, 4.69) is 27.3 Å². The Hall–Kier alpha value is -1.62. The van der Waals surface area contributed by atoms with E-state index in [4.69, 9.17) is 0 Å². The van der Waals surface area contributed by atoms with E-state index >= 15 is 0 Å². The van der Waals surface area contributed by atoms with Crippen molar-refractivity contribution >= 4 is 0 Å². The first-order valence-corrected chi connectivity index (χ1v) is 5.05. The normalized spacial score (nSPS) is 12.9. The lowest BCUT2D eigenvalue weighted by Crippen LogP contribution is -2.22. The van der Waals surface area contributed by atoms with Crippen LogP contribution >= 0.6 is 0 Å². The van der Waals surface area contributed by atoms with Crippen molar-refractivity contribution in [2.75, 3.05) is 7.05 Å². The highest BCUT2D eigenvalue weighted by atomic mass is 15.3. The standard InChI is InChI=1S/C10H15N5/c1-3-15-8(4-5-14-15)9(11-2)10-12-6-7-13-10/h4-7,9,11H,3H2,1-2H3,(H,12,13). The quantitative estimate of drug-likeness (QED) is 0.780. The maximum Gasteiger partial charge on any atom is 0.129 e. The molecule has 0 fully saturated rings. The molecular formula is C10H15N5.